The molecule has 5 heteroatoms. The van der Waals surface area contributed by atoms with Gasteiger partial charge in [-0.25, -0.2) is 9.97 Å². The van der Waals surface area contributed by atoms with Gasteiger partial charge in [0, 0.05) is 11.3 Å². The first-order valence-corrected chi connectivity index (χ1v) is 5.64. The van der Waals surface area contributed by atoms with Crippen molar-refractivity contribution in [2.24, 2.45) is 0 Å². The van der Waals surface area contributed by atoms with Crippen LogP contribution < -0.4 is 5.73 Å². The first-order valence-electron chi connectivity index (χ1n) is 4.44. The number of rotatable bonds is 1. The number of aromatic nitrogens is 2. The fourth-order valence-corrected chi connectivity index (χ4v) is 2.17. The Balaban J connectivity index is 2.55. The molecule has 2 N–H and O–H groups in total. The van der Waals surface area contributed by atoms with Crippen LogP contribution in [0.5, 0.6) is 0 Å². The molecule has 2 rings (SSSR count). The van der Waals surface area contributed by atoms with Gasteiger partial charge in [-0.05, 0) is 26.0 Å². The molecule has 0 atom stereocenters. The van der Waals surface area contributed by atoms with Crippen molar-refractivity contribution in [3.8, 4) is 10.7 Å². The topological polar surface area (TPSA) is 51.8 Å². The Kier molecular flexibility index (Phi) is 2.63. The quantitative estimate of drug-likeness (QED) is 0.832. The molecule has 2 aromatic heterocycles. The standard InChI is InChI=1S/C10H10ClN3S/c1-5-6(2)13-10(14-9(5)12)7-3-4-8(11)15-7/h3-4H,1-2H3,(H2,12,13,14). The average molecular weight is 240 g/mol. The van der Waals surface area contributed by atoms with Crippen molar-refractivity contribution in [3.63, 3.8) is 0 Å². The lowest BCUT2D eigenvalue weighted by Gasteiger charge is -2.04. The molecule has 2 aromatic rings. The second kappa shape index (κ2) is 3.79. The molecule has 78 valence electrons. The van der Waals surface area contributed by atoms with E-state index in [9.17, 15) is 0 Å². The normalized spacial score (nSPS) is 10.6. The van der Waals surface area contributed by atoms with Gasteiger partial charge in [-0.3, -0.25) is 0 Å². The molecule has 0 fully saturated rings. The summed E-state index contributed by atoms with van der Waals surface area (Å²) in [7, 11) is 0. The molecule has 0 aromatic carbocycles. The van der Waals surface area contributed by atoms with Gasteiger partial charge in [-0.2, -0.15) is 0 Å². The van der Waals surface area contributed by atoms with Crippen molar-refractivity contribution >= 4 is 28.8 Å². The third-order valence-electron chi connectivity index (χ3n) is 2.22. The Morgan fingerprint density at radius 3 is 2.53 bits per heavy atom. The van der Waals surface area contributed by atoms with E-state index in [2.05, 4.69) is 9.97 Å². The molecule has 0 saturated carbocycles. The fourth-order valence-electron chi connectivity index (χ4n) is 1.20. The van der Waals surface area contributed by atoms with Crippen LogP contribution in [0.1, 0.15) is 11.3 Å². The van der Waals surface area contributed by atoms with Crippen LogP contribution in [-0.4, -0.2) is 9.97 Å². The Morgan fingerprint density at radius 1 is 1.27 bits per heavy atom. The van der Waals surface area contributed by atoms with Crippen LogP contribution in [0.2, 0.25) is 4.34 Å². The molecule has 15 heavy (non-hydrogen) atoms. The zero-order valence-electron chi connectivity index (χ0n) is 8.41. The maximum atomic E-state index is 5.85. The Labute approximate surface area is 96.9 Å². The molecule has 0 unspecified atom stereocenters. The van der Waals surface area contributed by atoms with E-state index in [0.29, 0.717) is 11.6 Å². The van der Waals surface area contributed by atoms with Gasteiger partial charge in [0.1, 0.15) is 5.82 Å². The Hall–Kier alpha value is -1.13. The van der Waals surface area contributed by atoms with Crippen molar-refractivity contribution in [1.29, 1.82) is 0 Å². The van der Waals surface area contributed by atoms with E-state index in [1.54, 1.807) is 0 Å². The number of anilines is 1. The minimum atomic E-state index is 0.530. The van der Waals surface area contributed by atoms with Gasteiger partial charge in [0.2, 0.25) is 0 Å². The number of hydrogen-bond acceptors (Lipinski definition) is 4. The Bertz CT molecular complexity index is 484. The average Bonchev–Trinajstić information content (AvgIpc) is 2.60. The van der Waals surface area contributed by atoms with E-state index in [0.717, 1.165) is 20.5 Å². The second-order valence-electron chi connectivity index (χ2n) is 3.25. The molecule has 0 spiro atoms. The first kappa shape index (κ1) is 10.4. The SMILES string of the molecule is Cc1nc(-c2ccc(Cl)s2)nc(N)c1C. The molecule has 3 nitrogen and oxygen atoms in total. The number of hydrogen-bond donors (Lipinski definition) is 1. The molecule has 0 saturated heterocycles. The molecule has 0 amide bonds. The van der Waals surface area contributed by atoms with Gasteiger partial charge < -0.3 is 5.73 Å². The highest BCUT2D eigenvalue weighted by Gasteiger charge is 2.08. The number of nitrogens with two attached hydrogens (primary N) is 1. The second-order valence-corrected chi connectivity index (χ2v) is 4.96. The predicted octanol–water partition coefficient (Wildman–Crippen LogP) is 3.06. The van der Waals surface area contributed by atoms with Crippen molar-refractivity contribution in [3.05, 3.63) is 27.7 Å². The van der Waals surface area contributed by atoms with E-state index < -0.39 is 0 Å². The summed E-state index contributed by atoms with van der Waals surface area (Å²) in [4.78, 5) is 9.55. The minimum absolute atomic E-state index is 0.530. The van der Waals surface area contributed by atoms with Gasteiger partial charge in [-0.15, -0.1) is 11.3 Å². The highest BCUT2D eigenvalue weighted by molar-refractivity contribution is 7.19. The van der Waals surface area contributed by atoms with Gasteiger partial charge in [-0.1, -0.05) is 11.6 Å². The largest absolute Gasteiger partial charge is 0.383 e. The van der Waals surface area contributed by atoms with Crippen LogP contribution in [0.15, 0.2) is 12.1 Å². The molecule has 2 heterocycles. The minimum Gasteiger partial charge on any atom is -0.383 e. The third-order valence-corrected chi connectivity index (χ3v) is 3.45. The summed E-state index contributed by atoms with van der Waals surface area (Å²) in [6, 6.07) is 3.73. The lowest BCUT2D eigenvalue weighted by atomic mass is 10.2. The highest BCUT2D eigenvalue weighted by Crippen LogP contribution is 2.29. The maximum absolute atomic E-state index is 5.85. The van der Waals surface area contributed by atoms with Crippen LogP contribution >= 0.6 is 22.9 Å². The molecule has 0 aliphatic rings. The molecule has 0 bridgehead atoms. The maximum Gasteiger partial charge on any atom is 0.171 e. The van der Waals surface area contributed by atoms with Crippen molar-refractivity contribution in [2.75, 3.05) is 5.73 Å². The monoisotopic (exact) mass is 239 g/mol. The smallest absolute Gasteiger partial charge is 0.171 e. The summed E-state index contributed by atoms with van der Waals surface area (Å²) >= 11 is 7.30. The number of nitrogens with zero attached hydrogens (tertiary/aromatic N) is 2. The lowest BCUT2D eigenvalue weighted by molar-refractivity contribution is 1.08. The van der Waals surface area contributed by atoms with E-state index >= 15 is 0 Å². The van der Waals surface area contributed by atoms with Crippen LogP contribution in [0.3, 0.4) is 0 Å². The van der Waals surface area contributed by atoms with E-state index in [4.69, 9.17) is 17.3 Å². The highest BCUT2D eigenvalue weighted by atomic mass is 35.5. The van der Waals surface area contributed by atoms with Gasteiger partial charge in [0.25, 0.3) is 0 Å². The number of aryl methyl sites for hydroxylation is 1. The van der Waals surface area contributed by atoms with Crippen molar-refractivity contribution in [1.82, 2.24) is 9.97 Å². The molecular weight excluding hydrogens is 230 g/mol. The van der Waals surface area contributed by atoms with Crippen LogP contribution in [-0.2, 0) is 0 Å². The molecule has 0 radical (unpaired) electrons. The fraction of sp³-hybridized carbons (Fsp3) is 0.200. The molecular formula is C10H10ClN3S. The van der Waals surface area contributed by atoms with E-state index in [-0.39, 0.29) is 0 Å². The number of thiophene rings is 1. The summed E-state index contributed by atoms with van der Waals surface area (Å²) in [5.74, 6) is 1.18. The van der Waals surface area contributed by atoms with Crippen LogP contribution in [0.25, 0.3) is 10.7 Å². The van der Waals surface area contributed by atoms with Crippen molar-refractivity contribution < 1.29 is 0 Å². The van der Waals surface area contributed by atoms with Crippen molar-refractivity contribution in [2.45, 2.75) is 13.8 Å². The number of halogens is 1. The van der Waals surface area contributed by atoms with Gasteiger partial charge >= 0.3 is 0 Å². The summed E-state index contributed by atoms with van der Waals surface area (Å²) < 4.78 is 0.727. The van der Waals surface area contributed by atoms with Crippen LogP contribution in [0.4, 0.5) is 5.82 Å². The molecule has 0 aliphatic heterocycles. The van der Waals surface area contributed by atoms with E-state index in [1.165, 1.54) is 11.3 Å². The summed E-state index contributed by atoms with van der Waals surface area (Å²) in [6.07, 6.45) is 0. The van der Waals surface area contributed by atoms with E-state index in [1.807, 2.05) is 26.0 Å². The Morgan fingerprint density at radius 2 is 2.00 bits per heavy atom. The zero-order valence-corrected chi connectivity index (χ0v) is 9.99. The predicted molar refractivity (Wildman–Crippen MR) is 64.2 cm³/mol. The summed E-state index contributed by atoms with van der Waals surface area (Å²) in [5.41, 5.74) is 7.62. The first-order chi connectivity index (χ1) is 7.08. The third kappa shape index (κ3) is 1.96. The van der Waals surface area contributed by atoms with Gasteiger partial charge in [0.05, 0.1) is 9.21 Å². The van der Waals surface area contributed by atoms with Gasteiger partial charge in [0.15, 0.2) is 5.82 Å². The summed E-state index contributed by atoms with van der Waals surface area (Å²) in [6.45, 7) is 3.84. The molecule has 0 aliphatic carbocycles. The van der Waals surface area contributed by atoms with Crippen LogP contribution in [0, 0.1) is 13.8 Å². The zero-order chi connectivity index (χ0) is 11.0. The summed E-state index contributed by atoms with van der Waals surface area (Å²) in [5, 5.41) is 0. The lowest BCUT2D eigenvalue weighted by Crippen LogP contribution is -2.01. The number of nitrogen functional groups attached to an aromatic ring is 1.